The van der Waals surface area contributed by atoms with E-state index in [1.54, 1.807) is 7.11 Å². The maximum absolute atomic E-state index is 13.4. The van der Waals surface area contributed by atoms with Crippen LogP contribution in [0.5, 0.6) is 0 Å². The first-order chi connectivity index (χ1) is 14.6. The summed E-state index contributed by atoms with van der Waals surface area (Å²) in [7, 11) is 1.62. The minimum Gasteiger partial charge on any atom is -0.384 e. The van der Waals surface area contributed by atoms with Gasteiger partial charge >= 0.3 is 0 Å². The van der Waals surface area contributed by atoms with Gasteiger partial charge < -0.3 is 14.2 Å². The van der Waals surface area contributed by atoms with Gasteiger partial charge in [0.15, 0.2) is 0 Å². The van der Waals surface area contributed by atoms with E-state index in [-0.39, 0.29) is 17.4 Å². The second kappa shape index (κ2) is 7.73. The third-order valence-electron chi connectivity index (χ3n) is 6.54. The zero-order valence-electron chi connectivity index (χ0n) is 17.2. The molecule has 1 amide bonds. The maximum atomic E-state index is 13.4. The second-order valence-electron chi connectivity index (χ2n) is 8.49. The summed E-state index contributed by atoms with van der Waals surface area (Å²) in [5.74, 6) is 0.699. The van der Waals surface area contributed by atoms with Crippen molar-refractivity contribution in [3.8, 4) is 11.1 Å². The fourth-order valence-corrected chi connectivity index (χ4v) is 5.07. The largest absolute Gasteiger partial charge is 0.384 e. The molecule has 2 atom stereocenters. The predicted octanol–water partition coefficient (Wildman–Crippen LogP) is 3.65. The molecule has 3 aromatic rings. The van der Waals surface area contributed by atoms with Crippen LogP contribution in [0.1, 0.15) is 24.5 Å². The summed E-state index contributed by atoms with van der Waals surface area (Å²) < 4.78 is 7.02. The molecular formula is C25H26N2O3. The number of methoxy groups -OCH3 is 1. The van der Waals surface area contributed by atoms with Gasteiger partial charge in [0, 0.05) is 43.9 Å². The highest BCUT2D eigenvalue weighted by Crippen LogP contribution is 2.36. The molecule has 2 aromatic carbocycles. The topological polar surface area (TPSA) is 51.5 Å². The molecule has 0 saturated carbocycles. The molecule has 3 heterocycles. The highest BCUT2D eigenvalue weighted by molar-refractivity contribution is 5.87. The lowest BCUT2D eigenvalue weighted by molar-refractivity contribution is -0.134. The van der Waals surface area contributed by atoms with E-state index < -0.39 is 0 Å². The van der Waals surface area contributed by atoms with Gasteiger partial charge in [-0.1, -0.05) is 36.4 Å². The van der Waals surface area contributed by atoms with E-state index in [4.69, 9.17) is 4.74 Å². The van der Waals surface area contributed by atoms with Crippen molar-refractivity contribution in [3.63, 3.8) is 0 Å². The maximum Gasteiger partial charge on any atom is 0.258 e. The molecule has 1 aromatic heterocycles. The number of pyridine rings is 1. The zero-order valence-corrected chi connectivity index (χ0v) is 17.2. The van der Waals surface area contributed by atoms with Crippen LogP contribution in [0.15, 0.2) is 59.4 Å². The van der Waals surface area contributed by atoms with E-state index in [2.05, 4.69) is 30.3 Å². The molecule has 2 aliphatic rings. The Labute approximate surface area is 175 Å². The lowest BCUT2D eigenvalue weighted by Gasteiger charge is -2.43. The smallest absolute Gasteiger partial charge is 0.258 e. The van der Waals surface area contributed by atoms with Crippen molar-refractivity contribution in [2.24, 2.45) is 5.92 Å². The molecule has 1 saturated heterocycles. The SMILES string of the molecule is COCCC(=O)N1C[C@@H]2C[C@H](C1)c1ccc(-c3ccc4ccccc4c3)c(=O)n1C2. The number of piperidine rings is 1. The Balaban J connectivity index is 1.47. The number of likely N-dealkylation sites (tertiary alicyclic amines) is 1. The number of hydrogen-bond acceptors (Lipinski definition) is 3. The van der Waals surface area contributed by atoms with Gasteiger partial charge in [0.05, 0.1) is 13.0 Å². The number of ether oxygens (including phenoxy) is 1. The summed E-state index contributed by atoms with van der Waals surface area (Å²) in [6.45, 7) is 2.55. The molecule has 154 valence electrons. The zero-order chi connectivity index (χ0) is 20.7. The van der Waals surface area contributed by atoms with Gasteiger partial charge in [-0.3, -0.25) is 9.59 Å². The number of carbonyl (C=O) groups excluding carboxylic acids is 1. The van der Waals surface area contributed by atoms with E-state index in [0.717, 1.165) is 35.2 Å². The Morgan fingerprint density at radius 2 is 1.87 bits per heavy atom. The van der Waals surface area contributed by atoms with E-state index in [0.29, 0.717) is 32.0 Å². The second-order valence-corrected chi connectivity index (χ2v) is 8.49. The third-order valence-corrected chi connectivity index (χ3v) is 6.54. The first kappa shape index (κ1) is 19.1. The van der Waals surface area contributed by atoms with Gasteiger partial charge in [0.1, 0.15) is 0 Å². The number of fused-ring (bicyclic) bond motifs is 5. The van der Waals surface area contributed by atoms with Gasteiger partial charge in [-0.25, -0.2) is 0 Å². The number of benzene rings is 2. The van der Waals surface area contributed by atoms with Gasteiger partial charge in [0.25, 0.3) is 5.56 Å². The molecule has 0 aliphatic carbocycles. The van der Waals surface area contributed by atoms with Gasteiger partial charge in [0.2, 0.25) is 5.91 Å². The molecule has 5 nitrogen and oxygen atoms in total. The number of aromatic nitrogens is 1. The number of nitrogens with zero attached hydrogens (tertiary/aromatic N) is 2. The molecule has 30 heavy (non-hydrogen) atoms. The van der Waals surface area contributed by atoms with E-state index in [1.807, 2.05) is 33.7 Å². The number of rotatable bonds is 4. The Morgan fingerprint density at radius 3 is 2.70 bits per heavy atom. The summed E-state index contributed by atoms with van der Waals surface area (Å²) in [4.78, 5) is 27.9. The van der Waals surface area contributed by atoms with Crippen LogP contribution in [0.4, 0.5) is 0 Å². The Morgan fingerprint density at radius 1 is 1.03 bits per heavy atom. The monoisotopic (exact) mass is 402 g/mol. The molecule has 1 fully saturated rings. The highest BCUT2D eigenvalue weighted by Gasteiger charge is 2.36. The van der Waals surface area contributed by atoms with Crippen LogP contribution in [-0.2, 0) is 16.1 Å². The quantitative estimate of drug-likeness (QED) is 0.669. The van der Waals surface area contributed by atoms with Crippen molar-refractivity contribution in [3.05, 3.63) is 70.6 Å². The van der Waals surface area contributed by atoms with Crippen molar-refractivity contribution in [1.29, 1.82) is 0 Å². The van der Waals surface area contributed by atoms with Crippen LogP contribution < -0.4 is 5.56 Å². The van der Waals surface area contributed by atoms with Gasteiger partial charge in [-0.2, -0.15) is 0 Å². The molecule has 5 rings (SSSR count). The molecule has 0 spiro atoms. The lowest BCUT2D eigenvalue weighted by atomic mass is 9.82. The summed E-state index contributed by atoms with van der Waals surface area (Å²) in [6, 6.07) is 18.5. The van der Waals surface area contributed by atoms with Crippen molar-refractivity contribution < 1.29 is 9.53 Å². The summed E-state index contributed by atoms with van der Waals surface area (Å²) in [6.07, 6.45) is 1.46. The molecule has 5 heteroatoms. The standard InChI is InChI=1S/C25H26N2O3/c1-30-11-10-24(28)26-14-17-12-21(16-26)23-9-8-22(25(29)27(23)15-17)20-7-6-18-4-2-3-5-19(18)13-20/h2-9,13,17,21H,10-12,14-16H2,1H3/t17-,21+/m0/s1. The number of amides is 1. The van der Waals surface area contributed by atoms with Crippen LogP contribution in [-0.4, -0.2) is 42.2 Å². The number of hydrogen-bond donors (Lipinski definition) is 0. The first-order valence-corrected chi connectivity index (χ1v) is 10.6. The summed E-state index contributed by atoms with van der Waals surface area (Å²) in [5, 5.41) is 2.31. The average molecular weight is 402 g/mol. The molecule has 2 aliphatic heterocycles. The van der Waals surface area contributed by atoms with Crippen molar-refractivity contribution >= 4 is 16.7 Å². The third kappa shape index (κ3) is 3.33. The van der Waals surface area contributed by atoms with Gasteiger partial charge in [-0.15, -0.1) is 0 Å². The minimum absolute atomic E-state index is 0.0802. The van der Waals surface area contributed by atoms with E-state index in [9.17, 15) is 9.59 Å². The highest BCUT2D eigenvalue weighted by atomic mass is 16.5. The van der Waals surface area contributed by atoms with Crippen LogP contribution in [0.25, 0.3) is 21.9 Å². The van der Waals surface area contributed by atoms with Crippen molar-refractivity contribution in [2.75, 3.05) is 26.8 Å². The number of carbonyl (C=O) groups is 1. The lowest BCUT2D eigenvalue weighted by Crippen LogP contribution is -2.49. The van der Waals surface area contributed by atoms with Crippen molar-refractivity contribution in [2.45, 2.75) is 25.3 Å². The van der Waals surface area contributed by atoms with Crippen molar-refractivity contribution in [1.82, 2.24) is 9.47 Å². The Bertz CT molecular complexity index is 1170. The van der Waals surface area contributed by atoms with Crippen LogP contribution >= 0.6 is 0 Å². The fourth-order valence-electron chi connectivity index (χ4n) is 5.07. The molecular weight excluding hydrogens is 376 g/mol. The van der Waals surface area contributed by atoms with E-state index in [1.165, 1.54) is 5.39 Å². The molecule has 2 bridgehead atoms. The Kier molecular flexibility index (Phi) is 4.91. The first-order valence-electron chi connectivity index (χ1n) is 10.6. The van der Waals surface area contributed by atoms with Gasteiger partial charge in [-0.05, 0) is 46.9 Å². The average Bonchev–Trinajstić information content (AvgIpc) is 2.77. The Hall–Kier alpha value is -2.92. The fraction of sp³-hybridized carbons (Fsp3) is 0.360. The molecule has 0 unspecified atom stereocenters. The molecule has 0 N–H and O–H groups in total. The minimum atomic E-state index is 0.0802. The molecule has 0 radical (unpaired) electrons. The van der Waals surface area contributed by atoms with Crippen LogP contribution in [0.3, 0.4) is 0 Å². The summed E-state index contributed by atoms with van der Waals surface area (Å²) in [5.41, 5.74) is 2.85. The normalized spacial score (nSPS) is 20.2. The predicted molar refractivity (Wildman–Crippen MR) is 118 cm³/mol. The summed E-state index contributed by atoms with van der Waals surface area (Å²) >= 11 is 0. The van der Waals surface area contributed by atoms with E-state index >= 15 is 0 Å². The van der Waals surface area contributed by atoms with Crippen LogP contribution in [0.2, 0.25) is 0 Å². The van der Waals surface area contributed by atoms with Crippen LogP contribution in [0, 0.1) is 5.92 Å².